The Labute approximate surface area is 191 Å². The summed E-state index contributed by atoms with van der Waals surface area (Å²) in [7, 11) is 0. The maximum Gasteiger partial charge on any atom is 0.159 e. The molecule has 0 spiro atoms. The second-order valence-electron chi connectivity index (χ2n) is 8.76. The normalized spacial score (nSPS) is 14.7. The van der Waals surface area contributed by atoms with Crippen molar-refractivity contribution in [1.29, 1.82) is 0 Å². The zero-order valence-electron chi connectivity index (χ0n) is 18.3. The van der Waals surface area contributed by atoms with Crippen LogP contribution in [-0.4, -0.2) is 30.1 Å². The van der Waals surface area contributed by atoms with Gasteiger partial charge in [0.1, 0.15) is 5.69 Å². The van der Waals surface area contributed by atoms with Crippen molar-refractivity contribution in [3.8, 4) is 22.6 Å². The van der Waals surface area contributed by atoms with Crippen LogP contribution in [0.25, 0.3) is 44.6 Å². The molecule has 1 saturated carbocycles. The van der Waals surface area contributed by atoms with Crippen molar-refractivity contribution < 1.29 is 0 Å². The standard InChI is InChI=1S/C26H25N7/c1-16(17-5-3-2-4-6-17)29-20-11-19(13-28-14-20)18-7-8-22-21(12-18)25(33-32-22)26-30-23-9-10-27-15-24(23)31-26/h7-15,17,29H,1-6H2,(H,30,31)(H,32,33). The smallest absolute Gasteiger partial charge is 0.159 e. The van der Waals surface area contributed by atoms with Crippen molar-refractivity contribution in [2.45, 2.75) is 32.1 Å². The summed E-state index contributed by atoms with van der Waals surface area (Å²) >= 11 is 0. The van der Waals surface area contributed by atoms with E-state index in [2.05, 4.69) is 60.2 Å². The summed E-state index contributed by atoms with van der Waals surface area (Å²) in [6.45, 7) is 4.31. The third-order valence-corrected chi connectivity index (χ3v) is 6.54. The predicted molar refractivity (Wildman–Crippen MR) is 132 cm³/mol. The average molecular weight is 436 g/mol. The number of hydrogen-bond donors (Lipinski definition) is 3. The first-order valence-corrected chi connectivity index (χ1v) is 11.4. The van der Waals surface area contributed by atoms with E-state index < -0.39 is 0 Å². The first kappa shape index (κ1) is 19.7. The Hall–Kier alpha value is -4.00. The minimum atomic E-state index is 0.547. The van der Waals surface area contributed by atoms with Gasteiger partial charge in [-0.05, 0) is 48.6 Å². The molecule has 0 aliphatic heterocycles. The molecule has 6 rings (SSSR count). The lowest BCUT2D eigenvalue weighted by Gasteiger charge is -2.24. The highest BCUT2D eigenvalue weighted by atomic mass is 15.1. The summed E-state index contributed by atoms with van der Waals surface area (Å²) in [6.07, 6.45) is 13.6. The fraction of sp³-hybridized carbons (Fsp3) is 0.231. The van der Waals surface area contributed by atoms with Crippen LogP contribution in [0.1, 0.15) is 32.1 Å². The number of nitrogens with one attached hydrogen (secondary N) is 3. The van der Waals surface area contributed by atoms with E-state index in [0.29, 0.717) is 5.92 Å². The van der Waals surface area contributed by atoms with Crippen LogP contribution < -0.4 is 5.32 Å². The monoisotopic (exact) mass is 435 g/mol. The van der Waals surface area contributed by atoms with Gasteiger partial charge in [0.25, 0.3) is 0 Å². The maximum atomic E-state index is 4.69. The largest absolute Gasteiger partial charge is 0.358 e. The molecule has 5 aromatic rings. The number of imidazole rings is 1. The number of nitrogens with zero attached hydrogens (tertiary/aromatic N) is 4. The molecule has 7 nitrogen and oxygen atoms in total. The van der Waals surface area contributed by atoms with Gasteiger partial charge in [0.15, 0.2) is 5.82 Å². The molecule has 1 fully saturated rings. The Morgan fingerprint density at radius 2 is 1.85 bits per heavy atom. The summed E-state index contributed by atoms with van der Waals surface area (Å²) in [5.74, 6) is 1.27. The molecule has 1 aliphatic carbocycles. The number of pyridine rings is 2. The lowest BCUT2D eigenvalue weighted by molar-refractivity contribution is 0.405. The lowest BCUT2D eigenvalue weighted by Crippen LogP contribution is -2.14. The number of aromatic amines is 2. The lowest BCUT2D eigenvalue weighted by atomic mass is 9.87. The molecule has 7 heteroatoms. The number of hydrogen-bond acceptors (Lipinski definition) is 5. The Balaban J connectivity index is 1.32. The van der Waals surface area contributed by atoms with Gasteiger partial charge in [-0.3, -0.25) is 15.1 Å². The minimum Gasteiger partial charge on any atom is -0.358 e. The van der Waals surface area contributed by atoms with Crippen molar-refractivity contribution in [1.82, 2.24) is 30.1 Å². The Bertz CT molecular complexity index is 1420. The second kappa shape index (κ2) is 8.16. The van der Waals surface area contributed by atoms with Gasteiger partial charge < -0.3 is 10.3 Å². The highest BCUT2D eigenvalue weighted by Crippen LogP contribution is 2.32. The molecule has 1 aromatic carbocycles. The number of fused-ring (bicyclic) bond motifs is 2. The Morgan fingerprint density at radius 1 is 0.939 bits per heavy atom. The van der Waals surface area contributed by atoms with E-state index >= 15 is 0 Å². The van der Waals surface area contributed by atoms with Crippen molar-refractivity contribution in [2.75, 3.05) is 5.32 Å². The first-order valence-electron chi connectivity index (χ1n) is 11.4. The van der Waals surface area contributed by atoms with Crippen LogP contribution in [0, 0.1) is 5.92 Å². The van der Waals surface area contributed by atoms with Gasteiger partial charge in [-0.1, -0.05) is 31.9 Å². The summed E-state index contributed by atoms with van der Waals surface area (Å²) in [5.41, 5.74) is 7.69. The summed E-state index contributed by atoms with van der Waals surface area (Å²) < 4.78 is 0. The van der Waals surface area contributed by atoms with Crippen molar-refractivity contribution in [3.05, 3.63) is 67.4 Å². The third-order valence-electron chi connectivity index (χ3n) is 6.54. The highest BCUT2D eigenvalue weighted by Gasteiger charge is 2.17. The van der Waals surface area contributed by atoms with Gasteiger partial charge in [-0.15, -0.1) is 0 Å². The van der Waals surface area contributed by atoms with Gasteiger partial charge in [-0.2, -0.15) is 5.10 Å². The quantitative estimate of drug-likeness (QED) is 0.311. The maximum absolute atomic E-state index is 4.69. The van der Waals surface area contributed by atoms with E-state index in [0.717, 1.165) is 56.0 Å². The van der Waals surface area contributed by atoms with Crippen molar-refractivity contribution in [3.63, 3.8) is 0 Å². The van der Waals surface area contributed by atoms with Gasteiger partial charge in [0.2, 0.25) is 0 Å². The van der Waals surface area contributed by atoms with E-state index in [9.17, 15) is 0 Å². The Kier molecular flexibility index (Phi) is 4.87. The molecular formula is C26H25N7. The second-order valence-corrected chi connectivity index (χ2v) is 8.76. The minimum absolute atomic E-state index is 0.547. The molecule has 0 radical (unpaired) electrons. The predicted octanol–water partition coefficient (Wildman–Crippen LogP) is 6.07. The molecule has 0 bridgehead atoms. The van der Waals surface area contributed by atoms with Crippen LogP contribution in [0.5, 0.6) is 0 Å². The van der Waals surface area contributed by atoms with Crippen LogP contribution >= 0.6 is 0 Å². The van der Waals surface area contributed by atoms with Crippen molar-refractivity contribution in [2.24, 2.45) is 5.92 Å². The van der Waals surface area contributed by atoms with E-state index in [-0.39, 0.29) is 0 Å². The van der Waals surface area contributed by atoms with Crippen LogP contribution in [-0.2, 0) is 0 Å². The summed E-state index contributed by atoms with van der Waals surface area (Å²) in [4.78, 5) is 16.7. The van der Waals surface area contributed by atoms with E-state index in [4.69, 9.17) is 0 Å². The molecule has 0 atom stereocenters. The number of rotatable bonds is 5. The molecule has 33 heavy (non-hydrogen) atoms. The molecule has 3 N–H and O–H groups in total. The van der Waals surface area contributed by atoms with Crippen molar-refractivity contribution >= 4 is 27.6 Å². The summed E-state index contributed by atoms with van der Waals surface area (Å²) in [6, 6.07) is 10.3. The molecule has 4 heterocycles. The highest BCUT2D eigenvalue weighted by molar-refractivity contribution is 5.95. The number of allylic oxidation sites excluding steroid dienone is 1. The van der Waals surface area contributed by atoms with Gasteiger partial charge >= 0.3 is 0 Å². The number of anilines is 1. The van der Waals surface area contributed by atoms with E-state index in [1.165, 1.54) is 32.1 Å². The zero-order chi connectivity index (χ0) is 22.2. The van der Waals surface area contributed by atoms with E-state index in [1.54, 1.807) is 12.4 Å². The molecule has 0 saturated heterocycles. The average Bonchev–Trinajstić information content (AvgIpc) is 3.48. The SMILES string of the molecule is C=C(Nc1cncc(-c2ccc3[nH]nc(-c4nc5ccncc5[nH]4)c3c2)c1)C1CCCCC1. The van der Waals surface area contributed by atoms with Crippen LogP contribution in [0.15, 0.2) is 67.4 Å². The first-order chi connectivity index (χ1) is 16.2. The zero-order valence-corrected chi connectivity index (χ0v) is 18.3. The van der Waals surface area contributed by atoms with E-state index in [1.807, 2.05) is 24.5 Å². The molecule has 4 aromatic heterocycles. The van der Waals surface area contributed by atoms with Crippen LogP contribution in [0.2, 0.25) is 0 Å². The molecule has 0 unspecified atom stereocenters. The third kappa shape index (κ3) is 3.75. The molecule has 0 amide bonds. The van der Waals surface area contributed by atoms with Gasteiger partial charge in [0.05, 0.1) is 34.6 Å². The number of aromatic nitrogens is 6. The Morgan fingerprint density at radius 3 is 2.73 bits per heavy atom. The summed E-state index contributed by atoms with van der Waals surface area (Å²) in [5, 5.41) is 12.2. The fourth-order valence-corrected chi connectivity index (χ4v) is 4.75. The molecular weight excluding hydrogens is 410 g/mol. The van der Waals surface area contributed by atoms with Gasteiger partial charge in [0, 0.05) is 29.0 Å². The van der Waals surface area contributed by atoms with Crippen LogP contribution in [0.4, 0.5) is 5.69 Å². The molecule has 164 valence electrons. The number of H-pyrrole nitrogens is 2. The molecule has 1 aliphatic rings. The fourth-order valence-electron chi connectivity index (χ4n) is 4.75. The topological polar surface area (TPSA) is 95.2 Å². The van der Waals surface area contributed by atoms with Gasteiger partial charge in [-0.25, -0.2) is 4.98 Å². The number of benzene rings is 1. The van der Waals surface area contributed by atoms with Crippen LogP contribution in [0.3, 0.4) is 0 Å².